The van der Waals surface area contributed by atoms with E-state index in [2.05, 4.69) is 16.4 Å². The number of amidine groups is 1. The molecule has 6 nitrogen and oxygen atoms in total. The fourth-order valence-corrected chi connectivity index (χ4v) is 2.36. The number of nitrogens with one attached hydrogen (secondary N) is 1. The Balaban J connectivity index is 2.37. The summed E-state index contributed by atoms with van der Waals surface area (Å²) in [5, 5.41) is 22.3. The standard InChI is InChI=1S/C18H18ClN5O/c1-11(21)14(9-20)18(24-13-5-3-2-4-6-13)23-10-12-7-15(19)17(25)16(22)8-12/h2-8,25H,10,21-22H2,1H3,(H,23,24). The first kappa shape index (κ1) is 18.2. The van der Waals surface area contributed by atoms with Crippen LogP contribution in [0, 0.1) is 11.3 Å². The number of benzene rings is 2. The summed E-state index contributed by atoms with van der Waals surface area (Å²) in [5.41, 5.74) is 13.8. The van der Waals surface area contributed by atoms with Gasteiger partial charge in [-0.2, -0.15) is 5.26 Å². The van der Waals surface area contributed by atoms with Crippen LogP contribution in [0.25, 0.3) is 0 Å². The van der Waals surface area contributed by atoms with E-state index in [0.29, 0.717) is 17.1 Å². The normalized spacial score (nSPS) is 12.3. The van der Waals surface area contributed by atoms with Gasteiger partial charge in [-0.15, -0.1) is 0 Å². The summed E-state index contributed by atoms with van der Waals surface area (Å²) in [7, 11) is 0. The maximum atomic E-state index is 9.63. The van der Waals surface area contributed by atoms with Crippen molar-refractivity contribution in [3.8, 4) is 11.8 Å². The number of nitrogens with two attached hydrogens (primary N) is 2. The number of nitriles is 1. The molecule has 0 aliphatic rings. The molecule has 2 aromatic carbocycles. The van der Waals surface area contributed by atoms with E-state index in [-0.39, 0.29) is 28.6 Å². The maximum Gasteiger partial charge on any atom is 0.157 e. The number of para-hydroxylation sites is 1. The SMILES string of the molecule is CC(N)=C(C#N)C(=NCc1cc(N)c(O)c(Cl)c1)Nc1ccccc1. The molecule has 0 radical (unpaired) electrons. The van der Waals surface area contributed by atoms with E-state index in [1.54, 1.807) is 19.1 Å². The number of allylic oxidation sites excluding steroid dienone is 1. The van der Waals surface area contributed by atoms with Crippen molar-refractivity contribution >= 4 is 28.8 Å². The Kier molecular flexibility index (Phi) is 5.88. The predicted octanol–water partition coefficient (Wildman–Crippen LogP) is 3.39. The third-order valence-electron chi connectivity index (χ3n) is 3.35. The molecule has 0 aromatic heterocycles. The first-order chi connectivity index (χ1) is 11.9. The fraction of sp³-hybridized carbons (Fsp3) is 0.111. The van der Waals surface area contributed by atoms with E-state index in [1.165, 1.54) is 0 Å². The number of phenolic OH excluding ortho intramolecular Hbond substituents is 1. The molecule has 0 unspecified atom stereocenters. The molecule has 0 saturated heterocycles. The minimum atomic E-state index is -0.160. The van der Waals surface area contributed by atoms with Crippen LogP contribution in [0.1, 0.15) is 12.5 Å². The molecule has 0 fully saturated rings. The lowest BCUT2D eigenvalue weighted by atomic mass is 10.1. The zero-order chi connectivity index (χ0) is 18.4. The highest BCUT2D eigenvalue weighted by Crippen LogP contribution is 2.31. The van der Waals surface area contributed by atoms with Crippen molar-refractivity contribution in [1.29, 1.82) is 5.26 Å². The van der Waals surface area contributed by atoms with Gasteiger partial charge in [-0.1, -0.05) is 29.8 Å². The number of halogens is 1. The second-order valence-electron chi connectivity index (χ2n) is 5.34. The highest BCUT2D eigenvalue weighted by molar-refractivity contribution is 6.32. The topological polar surface area (TPSA) is 120 Å². The Labute approximate surface area is 151 Å². The van der Waals surface area contributed by atoms with Crippen LogP contribution in [0.5, 0.6) is 5.75 Å². The summed E-state index contributed by atoms with van der Waals surface area (Å²) in [6.45, 7) is 1.84. The lowest BCUT2D eigenvalue weighted by Gasteiger charge is -2.11. The van der Waals surface area contributed by atoms with E-state index >= 15 is 0 Å². The second-order valence-corrected chi connectivity index (χ2v) is 5.75. The number of nitrogens with zero attached hydrogens (tertiary/aromatic N) is 2. The van der Waals surface area contributed by atoms with E-state index in [4.69, 9.17) is 23.1 Å². The summed E-state index contributed by atoms with van der Waals surface area (Å²) in [6.07, 6.45) is 0. The van der Waals surface area contributed by atoms with Gasteiger partial charge in [-0.05, 0) is 36.8 Å². The van der Waals surface area contributed by atoms with E-state index < -0.39 is 0 Å². The Morgan fingerprint density at radius 2 is 2.00 bits per heavy atom. The third kappa shape index (κ3) is 4.66. The molecule has 2 aromatic rings. The lowest BCUT2D eigenvalue weighted by Crippen LogP contribution is -2.18. The van der Waals surface area contributed by atoms with E-state index in [9.17, 15) is 10.4 Å². The largest absolute Gasteiger partial charge is 0.504 e. The van der Waals surface area contributed by atoms with Crippen molar-refractivity contribution in [2.75, 3.05) is 11.1 Å². The zero-order valence-corrected chi connectivity index (χ0v) is 14.4. The van der Waals surface area contributed by atoms with Crippen LogP contribution in [0.2, 0.25) is 5.02 Å². The van der Waals surface area contributed by atoms with Crippen LogP contribution in [0.3, 0.4) is 0 Å². The van der Waals surface area contributed by atoms with Gasteiger partial charge >= 0.3 is 0 Å². The Hall–Kier alpha value is -3.17. The molecular formula is C18H18ClN5O. The van der Waals surface area contributed by atoms with Crippen molar-refractivity contribution in [3.63, 3.8) is 0 Å². The van der Waals surface area contributed by atoms with Gasteiger partial charge in [0.2, 0.25) is 0 Å². The summed E-state index contributed by atoms with van der Waals surface area (Å²) >= 11 is 5.93. The van der Waals surface area contributed by atoms with Gasteiger partial charge in [-0.25, -0.2) is 0 Å². The van der Waals surface area contributed by atoms with Gasteiger partial charge in [0, 0.05) is 11.4 Å². The third-order valence-corrected chi connectivity index (χ3v) is 3.64. The summed E-state index contributed by atoms with van der Waals surface area (Å²) < 4.78 is 0. The molecule has 7 heteroatoms. The zero-order valence-electron chi connectivity index (χ0n) is 13.6. The first-order valence-corrected chi connectivity index (χ1v) is 7.80. The number of nitrogen functional groups attached to an aromatic ring is 1. The van der Waals surface area contributed by atoms with Crippen molar-refractivity contribution in [1.82, 2.24) is 0 Å². The molecule has 0 heterocycles. The van der Waals surface area contributed by atoms with Crippen LogP contribution in [0.15, 0.2) is 58.7 Å². The molecule has 0 saturated carbocycles. The van der Waals surface area contributed by atoms with Crippen LogP contribution >= 0.6 is 11.6 Å². The molecule has 0 aliphatic heterocycles. The quantitative estimate of drug-likeness (QED) is 0.220. The van der Waals surface area contributed by atoms with Gasteiger partial charge in [0.15, 0.2) is 5.75 Å². The van der Waals surface area contributed by atoms with E-state index in [1.807, 2.05) is 30.3 Å². The monoisotopic (exact) mass is 355 g/mol. The van der Waals surface area contributed by atoms with Crippen molar-refractivity contribution in [3.05, 3.63) is 64.3 Å². The average Bonchev–Trinajstić information content (AvgIpc) is 2.58. The molecule has 0 spiro atoms. The van der Waals surface area contributed by atoms with Crippen molar-refractivity contribution < 1.29 is 5.11 Å². The summed E-state index contributed by atoms with van der Waals surface area (Å²) in [5.74, 6) is 0.184. The summed E-state index contributed by atoms with van der Waals surface area (Å²) in [4.78, 5) is 4.44. The predicted molar refractivity (Wildman–Crippen MR) is 101 cm³/mol. The molecule has 0 aliphatic carbocycles. The van der Waals surface area contributed by atoms with Gasteiger partial charge in [0.1, 0.15) is 17.5 Å². The minimum Gasteiger partial charge on any atom is -0.504 e. The Bertz CT molecular complexity index is 842. The maximum absolute atomic E-state index is 9.63. The Morgan fingerprint density at radius 3 is 2.56 bits per heavy atom. The molecule has 25 heavy (non-hydrogen) atoms. The molecule has 0 bridgehead atoms. The summed E-state index contributed by atoms with van der Waals surface area (Å²) in [6, 6.07) is 14.5. The number of phenols is 1. The number of aromatic hydroxyl groups is 1. The van der Waals surface area contributed by atoms with Gasteiger partial charge < -0.3 is 21.9 Å². The fourth-order valence-electron chi connectivity index (χ4n) is 2.11. The van der Waals surface area contributed by atoms with Crippen LogP contribution in [-0.4, -0.2) is 10.9 Å². The van der Waals surface area contributed by atoms with Gasteiger partial charge in [0.05, 0.1) is 17.3 Å². The average molecular weight is 356 g/mol. The molecule has 6 N–H and O–H groups in total. The highest BCUT2D eigenvalue weighted by atomic mass is 35.5. The van der Waals surface area contributed by atoms with E-state index in [0.717, 1.165) is 5.69 Å². The van der Waals surface area contributed by atoms with Crippen LogP contribution in [0.4, 0.5) is 11.4 Å². The van der Waals surface area contributed by atoms with Gasteiger partial charge in [-0.3, -0.25) is 4.99 Å². The first-order valence-electron chi connectivity index (χ1n) is 7.42. The second kappa shape index (κ2) is 8.08. The molecular weight excluding hydrogens is 338 g/mol. The molecule has 0 amide bonds. The van der Waals surface area contributed by atoms with Crippen LogP contribution < -0.4 is 16.8 Å². The van der Waals surface area contributed by atoms with Crippen molar-refractivity contribution in [2.24, 2.45) is 10.7 Å². The molecule has 2 rings (SSSR count). The van der Waals surface area contributed by atoms with Crippen molar-refractivity contribution in [2.45, 2.75) is 13.5 Å². The Morgan fingerprint density at radius 1 is 1.32 bits per heavy atom. The number of anilines is 2. The molecule has 0 atom stereocenters. The number of aliphatic imine (C=N–C) groups is 1. The number of rotatable bonds is 4. The minimum absolute atomic E-state index is 0.147. The smallest absolute Gasteiger partial charge is 0.157 e. The molecule has 128 valence electrons. The van der Waals surface area contributed by atoms with Gasteiger partial charge in [0.25, 0.3) is 0 Å². The lowest BCUT2D eigenvalue weighted by molar-refractivity contribution is 0.478. The number of hydrogen-bond donors (Lipinski definition) is 4. The van der Waals surface area contributed by atoms with Crippen LogP contribution in [-0.2, 0) is 6.54 Å². The number of hydrogen-bond acceptors (Lipinski definition) is 5. The highest BCUT2D eigenvalue weighted by Gasteiger charge is 2.11.